The molecule has 0 radical (unpaired) electrons. The summed E-state index contributed by atoms with van der Waals surface area (Å²) in [6, 6.07) is 4.06. The summed E-state index contributed by atoms with van der Waals surface area (Å²) in [4.78, 5) is 16.4. The molecule has 0 aliphatic rings. The number of aromatic nitrogens is 4. The maximum absolute atomic E-state index is 4.57. The van der Waals surface area contributed by atoms with Gasteiger partial charge in [0.25, 0.3) is 0 Å². The highest BCUT2D eigenvalue weighted by Crippen LogP contribution is 2.24. The van der Waals surface area contributed by atoms with E-state index in [2.05, 4.69) is 35.9 Å². The normalized spacial score (nSPS) is 11.1. The lowest BCUT2D eigenvalue weighted by atomic mass is 10.2. The van der Waals surface area contributed by atoms with E-state index in [9.17, 15) is 0 Å². The molecule has 0 atom stereocenters. The van der Waals surface area contributed by atoms with E-state index < -0.39 is 0 Å². The van der Waals surface area contributed by atoms with Gasteiger partial charge in [0.1, 0.15) is 5.69 Å². The number of benzene rings is 1. The number of rotatable bonds is 1. The summed E-state index contributed by atoms with van der Waals surface area (Å²) in [6.07, 6.45) is 3.47. The number of nitrogens with zero attached hydrogens (tertiary/aromatic N) is 3. The largest absolute Gasteiger partial charge is 0.337 e. The van der Waals surface area contributed by atoms with Gasteiger partial charge in [0.15, 0.2) is 5.82 Å². The van der Waals surface area contributed by atoms with Crippen LogP contribution in [0.1, 0.15) is 11.3 Å². The standard InChI is InChI=1S/C13H11BrN4/c1-7-3-9(14)4-10-12(7)18-13(17-10)11-6-15-8(2)5-16-11/h3-6H,1-2H3,(H,17,18). The van der Waals surface area contributed by atoms with Crippen LogP contribution in [0.2, 0.25) is 0 Å². The summed E-state index contributed by atoms with van der Waals surface area (Å²) in [5.74, 6) is 0.749. The molecule has 0 saturated carbocycles. The van der Waals surface area contributed by atoms with E-state index in [1.807, 2.05) is 26.0 Å². The van der Waals surface area contributed by atoms with E-state index in [1.165, 1.54) is 0 Å². The quantitative estimate of drug-likeness (QED) is 0.749. The molecule has 1 aromatic carbocycles. The molecule has 3 rings (SSSR count). The van der Waals surface area contributed by atoms with Crippen molar-refractivity contribution in [2.75, 3.05) is 0 Å². The Kier molecular flexibility index (Phi) is 2.63. The third kappa shape index (κ3) is 1.90. The molecule has 0 bridgehead atoms. The minimum atomic E-state index is 0.749. The molecule has 0 aliphatic heterocycles. The van der Waals surface area contributed by atoms with Crippen LogP contribution in [0.25, 0.3) is 22.6 Å². The molecule has 90 valence electrons. The lowest BCUT2D eigenvalue weighted by Gasteiger charge is -1.94. The number of nitrogens with one attached hydrogen (secondary N) is 1. The highest BCUT2D eigenvalue weighted by Gasteiger charge is 2.09. The highest BCUT2D eigenvalue weighted by molar-refractivity contribution is 9.10. The number of aromatic amines is 1. The Balaban J connectivity index is 2.19. The van der Waals surface area contributed by atoms with Crippen molar-refractivity contribution in [3.63, 3.8) is 0 Å². The first-order chi connectivity index (χ1) is 8.63. The summed E-state index contributed by atoms with van der Waals surface area (Å²) < 4.78 is 1.04. The van der Waals surface area contributed by atoms with Gasteiger partial charge < -0.3 is 4.98 Å². The van der Waals surface area contributed by atoms with Crippen molar-refractivity contribution in [2.45, 2.75) is 13.8 Å². The predicted octanol–water partition coefficient (Wildman–Crippen LogP) is 3.40. The number of fused-ring (bicyclic) bond motifs is 1. The van der Waals surface area contributed by atoms with Crippen molar-refractivity contribution in [2.24, 2.45) is 0 Å². The van der Waals surface area contributed by atoms with Crippen LogP contribution in [0, 0.1) is 13.8 Å². The molecule has 0 spiro atoms. The molecule has 0 fully saturated rings. The molecule has 2 aromatic heterocycles. The minimum absolute atomic E-state index is 0.749. The molecule has 2 heterocycles. The number of aryl methyl sites for hydroxylation is 2. The molecule has 5 heteroatoms. The molecule has 0 unspecified atom stereocenters. The number of imidazole rings is 1. The maximum atomic E-state index is 4.57. The van der Waals surface area contributed by atoms with Gasteiger partial charge in [-0.2, -0.15) is 0 Å². The predicted molar refractivity (Wildman–Crippen MR) is 74.3 cm³/mol. The van der Waals surface area contributed by atoms with Gasteiger partial charge in [-0.25, -0.2) is 9.97 Å². The van der Waals surface area contributed by atoms with Crippen molar-refractivity contribution in [1.82, 2.24) is 19.9 Å². The fraction of sp³-hybridized carbons (Fsp3) is 0.154. The van der Waals surface area contributed by atoms with Crippen molar-refractivity contribution < 1.29 is 0 Å². The first-order valence-electron chi connectivity index (χ1n) is 5.58. The number of H-pyrrole nitrogens is 1. The third-order valence-electron chi connectivity index (χ3n) is 2.77. The second kappa shape index (κ2) is 4.17. The van der Waals surface area contributed by atoms with E-state index in [1.54, 1.807) is 12.4 Å². The second-order valence-electron chi connectivity index (χ2n) is 4.25. The Morgan fingerprint density at radius 1 is 1.11 bits per heavy atom. The molecule has 18 heavy (non-hydrogen) atoms. The van der Waals surface area contributed by atoms with E-state index in [0.717, 1.165) is 38.3 Å². The molecule has 3 aromatic rings. The van der Waals surface area contributed by atoms with Crippen LogP contribution in [0.15, 0.2) is 29.0 Å². The van der Waals surface area contributed by atoms with Crippen LogP contribution >= 0.6 is 15.9 Å². The number of halogens is 1. The van der Waals surface area contributed by atoms with Gasteiger partial charge in [0.2, 0.25) is 0 Å². The van der Waals surface area contributed by atoms with E-state index in [4.69, 9.17) is 0 Å². The van der Waals surface area contributed by atoms with Gasteiger partial charge in [-0.1, -0.05) is 15.9 Å². The third-order valence-corrected chi connectivity index (χ3v) is 3.22. The van der Waals surface area contributed by atoms with Crippen molar-refractivity contribution in [1.29, 1.82) is 0 Å². The monoisotopic (exact) mass is 302 g/mol. The summed E-state index contributed by atoms with van der Waals surface area (Å²) in [6.45, 7) is 3.95. The van der Waals surface area contributed by atoms with E-state index in [-0.39, 0.29) is 0 Å². The second-order valence-corrected chi connectivity index (χ2v) is 5.16. The Bertz CT molecular complexity index is 716. The zero-order valence-corrected chi connectivity index (χ0v) is 11.6. The van der Waals surface area contributed by atoms with Crippen molar-refractivity contribution in [3.8, 4) is 11.5 Å². The van der Waals surface area contributed by atoms with Crippen LogP contribution in [0.3, 0.4) is 0 Å². The van der Waals surface area contributed by atoms with Gasteiger partial charge >= 0.3 is 0 Å². The fourth-order valence-electron chi connectivity index (χ4n) is 1.88. The van der Waals surface area contributed by atoms with Crippen molar-refractivity contribution >= 4 is 27.0 Å². The molecule has 0 amide bonds. The van der Waals surface area contributed by atoms with Gasteiger partial charge in [0.05, 0.1) is 22.9 Å². The fourth-order valence-corrected chi connectivity index (χ4v) is 2.46. The van der Waals surface area contributed by atoms with Gasteiger partial charge in [-0.05, 0) is 31.5 Å². The smallest absolute Gasteiger partial charge is 0.158 e. The van der Waals surface area contributed by atoms with Gasteiger partial charge in [-0.15, -0.1) is 0 Å². The topological polar surface area (TPSA) is 54.5 Å². The van der Waals surface area contributed by atoms with Crippen LogP contribution in [0.5, 0.6) is 0 Å². The number of hydrogen-bond donors (Lipinski definition) is 1. The van der Waals surface area contributed by atoms with E-state index >= 15 is 0 Å². The molecular weight excluding hydrogens is 292 g/mol. The van der Waals surface area contributed by atoms with Gasteiger partial charge in [0, 0.05) is 10.7 Å². The maximum Gasteiger partial charge on any atom is 0.158 e. The Morgan fingerprint density at radius 2 is 1.94 bits per heavy atom. The first kappa shape index (κ1) is 11.3. The molecule has 0 aliphatic carbocycles. The van der Waals surface area contributed by atoms with Crippen LogP contribution in [-0.4, -0.2) is 19.9 Å². The Morgan fingerprint density at radius 3 is 2.67 bits per heavy atom. The molecule has 4 nitrogen and oxygen atoms in total. The van der Waals surface area contributed by atoms with Gasteiger partial charge in [-0.3, -0.25) is 4.98 Å². The summed E-state index contributed by atoms with van der Waals surface area (Å²) in [7, 11) is 0. The van der Waals surface area contributed by atoms with Crippen LogP contribution in [0.4, 0.5) is 0 Å². The summed E-state index contributed by atoms with van der Waals surface area (Å²) >= 11 is 3.48. The van der Waals surface area contributed by atoms with Crippen LogP contribution in [-0.2, 0) is 0 Å². The zero-order valence-electron chi connectivity index (χ0n) is 10.0. The van der Waals surface area contributed by atoms with E-state index in [0.29, 0.717) is 0 Å². The Hall–Kier alpha value is -1.75. The first-order valence-corrected chi connectivity index (χ1v) is 6.37. The average Bonchev–Trinajstić information content (AvgIpc) is 2.74. The molecular formula is C13H11BrN4. The average molecular weight is 303 g/mol. The van der Waals surface area contributed by atoms with Crippen molar-refractivity contribution in [3.05, 3.63) is 40.3 Å². The lowest BCUT2D eigenvalue weighted by Crippen LogP contribution is -1.89. The van der Waals surface area contributed by atoms with Crippen LogP contribution < -0.4 is 0 Å². The molecule has 0 saturated heterocycles. The SMILES string of the molecule is Cc1cnc(-c2nc3c(C)cc(Br)cc3[nH]2)cn1. The lowest BCUT2D eigenvalue weighted by molar-refractivity contribution is 1.10. The zero-order chi connectivity index (χ0) is 12.7. The molecule has 1 N–H and O–H groups in total. The summed E-state index contributed by atoms with van der Waals surface area (Å²) in [5, 5.41) is 0. The number of hydrogen-bond acceptors (Lipinski definition) is 3. The highest BCUT2D eigenvalue weighted by atomic mass is 79.9. The minimum Gasteiger partial charge on any atom is -0.337 e. The summed E-state index contributed by atoms with van der Waals surface area (Å²) in [5.41, 5.74) is 4.75. The Labute approximate surface area is 113 Å².